The number of aliphatic hydroxyl groups is 1. The lowest BCUT2D eigenvalue weighted by Crippen LogP contribution is -2.38. The predicted octanol–water partition coefficient (Wildman–Crippen LogP) is 0.712. The van der Waals surface area contributed by atoms with Crippen molar-refractivity contribution in [3.05, 3.63) is 29.3 Å². The fourth-order valence-electron chi connectivity index (χ4n) is 1.23. The Hall–Kier alpha value is -1.58. The molecule has 20 heavy (non-hydrogen) atoms. The molecular formula is C11H13F2NO5S. The summed E-state index contributed by atoms with van der Waals surface area (Å²) >= 11 is 0. The summed E-state index contributed by atoms with van der Waals surface area (Å²) in [6.45, 7) is 2.16. The summed E-state index contributed by atoms with van der Waals surface area (Å²) in [4.78, 5) is 9.59. The molecule has 9 heteroatoms. The second-order valence-electron chi connectivity index (χ2n) is 4.71. The quantitative estimate of drug-likeness (QED) is 0.743. The number of benzene rings is 1. The normalized spacial score (nSPS) is 12.4. The van der Waals surface area contributed by atoms with Crippen molar-refractivity contribution in [3.63, 3.8) is 0 Å². The minimum Gasteiger partial charge on any atom is -0.478 e. The molecule has 0 spiro atoms. The van der Waals surface area contributed by atoms with E-state index in [1.165, 1.54) is 13.8 Å². The van der Waals surface area contributed by atoms with Gasteiger partial charge in [0.25, 0.3) is 0 Å². The number of hydrogen-bond donors (Lipinski definition) is 3. The van der Waals surface area contributed by atoms with Gasteiger partial charge in [-0.25, -0.2) is 26.7 Å². The van der Waals surface area contributed by atoms with E-state index >= 15 is 0 Å². The molecule has 0 atom stereocenters. The van der Waals surface area contributed by atoms with Gasteiger partial charge in [0.1, 0.15) is 4.90 Å². The van der Waals surface area contributed by atoms with Crippen molar-refractivity contribution in [1.82, 2.24) is 4.72 Å². The summed E-state index contributed by atoms with van der Waals surface area (Å²) in [5.41, 5.74) is -2.11. The summed E-state index contributed by atoms with van der Waals surface area (Å²) in [6, 6.07) is 0.889. The highest BCUT2D eigenvalue weighted by molar-refractivity contribution is 7.89. The molecule has 0 saturated carbocycles. The fraction of sp³-hybridized carbons (Fsp3) is 0.364. The lowest BCUT2D eigenvalue weighted by Gasteiger charge is -2.18. The largest absolute Gasteiger partial charge is 0.478 e. The number of nitrogens with one attached hydrogen (secondary N) is 1. The van der Waals surface area contributed by atoms with Crippen LogP contribution >= 0.6 is 0 Å². The van der Waals surface area contributed by atoms with Crippen molar-refractivity contribution in [2.24, 2.45) is 0 Å². The molecule has 0 unspecified atom stereocenters. The molecule has 0 radical (unpaired) electrons. The van der Waals surface area contributed by atoms with E-state index in [1.807, 2.05) is 4.72 Å². The predicted molar refractivity (Wildman–Crippen MR) is 64.8 cm³/mol. The molecule has 0 aliphatic carbocycles. The van der Waals surface area contributed by atoms with Gasteiger partial charge in [0, 0.05) is 6.54 Å². The summed E-state index contributed by atoms with van der Waals surface area (Å²) in [5.74, 6) is -4.87. The van der Waals surface area contributed by atoms with Gasteiger partial charge in [-0.2, -0.15) is 0 Å². The molecule has 0 aliphatic rings. The highest BCUT2D eigenvalue weighted by atomic mass is 32.2. The average molecular weight is 309 g/mol. The molecule has 0 saturated heterocycles. The van der Waals surface area contributed by atoms with E-state index in [2.05, 4.69) is 0 Å². The first kappa shape index (κ1) is 16.5. The van der Waals surface area contributed by atoms with Gasteiger partial charge in [0.2, 0.25) is 10.0 Å². The second kappa shape index (κ2) is 5.43. The minimum atomic E-state index is -4.49. The van der Waals surface area contributed by atoms with E-state index in [4.69, 9.17) is 5.11 Å². The fourth-order valence-corrected chi connectivity index (χ4v) is 2.55. The average Bonchev–Trinajstić information content (AvgIpc) is 2.28. The molecule has 0 aliphatic heterocycles. The zero-order chi connectivity index (χ0) is 15.7. The van der Waals surface area contributed by atoms with Gasteiger partial charge in [-0.05, 0) is 26.0 Å². The second-order valence-corrected chi connectivity index (χ2v) is 6.45. The Morgan fingerprint density at radius 1 is 1.35 bits per heavy atom. The Kier molecular flexibility index (Phi) is 4.47. The van der Waals surface area contributed by atoms with Gasteiger partial charge in [0.15, 0.2) is 11.6 Å². The number of halogens is 2. The first-order valence-electron chi connectivity index (χ1n) is 5.38. The number of carboxylic acids is 1. The standard InChI is InChI=1S/C11H13F2NO5S/c1-11(2,17)5-14-20(18,19)8-4-6(10(15)16)3-7(12)9(8)13/h3-4,14,17H,5H2,1-2H3,(H,15,16). The number of carbonyl (C=O) groups is 1. The highest BCUT2D eigenvalue weighted by Gasteiger charge is 2.26. The van der Waals surface area contributed by atoms with Crippen LogP contribution in [0.2, 0.25) is 0 Å². The van der Waals surface area contributed by atoms with Crippen LogP contribution in [0.5, 0.6) is 0 Å². The molecule has 1 aromatic carbocycles. The van der Waals surface area contributed by atoms with E-state index in [0.717, 1.165) is 0 Å². The molecule has 1 aromatic rings. The lowest BCUT2D eigenvalue weighted by atomic mass is 10.1. The highest BCUT2D eigenvalue weighted by Crippen LogP contribution is 2.20. The Bertz CT molecular complexity index is 637. The lowest BCUT2D eigenvalue weighted by molar-refractivity contribution is 0.0695. The van der Waals surface area contributed by atoms with Crippen LogP contribution in [0.3, 0.4) is 0 Å². The topological polar surface area (TPSA) is 104 Å². The maximum atomic E-state index is 13.5. The van der Waals surface area contributed by atoms with Gasteiger partial charge < -0.3 is 10.2 Å². The van der Waals surface area contributed by atoms with Crippen LogP contribution in [0.4, 0.5) is 8.78 Å². The maximum absolute atomic E-state index is 13.5. The van der Waals surface area contributed by atoms with Crippen molar-refractivity contribution < 1.29 is 32.2 Å². The van der Waals surface area contributed by atoms with Crippen LogP contribution in [-0.2, 0) is 10.0 Å². The third kappa shape index (κ3) is 3.95. The molecule has 0 amide bonds. The Balaban J connectivity index is 3.27. The van der Waals surface area contributed by atoms with E-state index < -0.39 is 50.2 Å². The van der Waals surface area contributed by atoms with Crippen molar-refractivity contribution in [3.8, 4) is 0 Å². The van der Waals surface area contributed by atoms with Crippen LogP contribution in [0.15, 0.2) is 17.0 Å². The zero-order valence-corrected chi connectivity index (χ0v) is 11.5. The number of aromatic carboxylic acids is 1. The summed E-state index contributed by atoms with van der Waals surface area (Å²) in [5, 5.41) is 18.1. The SMILES string of the molecule is CC(C)(O)CNS(=O)(=O)c1cc(C(=O)O)cc(F)c1F. The van der Waals surface area contributed by atoms with E-state index in [1.54, 1.807) is 0 Å². The third-order valence-corrected chi connectivity index (χ3v) is 3.63. The van der Waals surface area contributed by atoms with Crippen LogP contribution in [0.1, 0.15) is 24.2 Å². The molecule has 3 N–H and O–H groups in total. The van der Waals surface area contributed by atoms with Crippen molar-refractivity contribution in [2.75, 3.05) is 6.54 Å². The number of carboxylic acid groups (broad SMARTS) is 1. The number of rotatable bonds is 5. The molecule has 0 fully saturated rings. The number of sulfonamides is 1. The van der Waals surface area contributed by atoms with Crippen molar-refractivity contribution in [1.29, 1.82) is 0 Å². The Morgan fingerprint density at radius 3 is 2.35 bits per heavy atom. The Morgan fingerprint density at radius 2 is 1.90 bits per heavy atom. The van der Waals surface area contributed by atoms with Crippen LogP contribution in [-0.4, -0.2) is 36.7 Å². The molecule has 112 valence electrons. The third-order valence-electron chi connectivity index (χ3n) is 2.23. The Labute approximate surface area is 114 Å². The van der Waals surface area contributed by atoms with Gasteiger partial charge >= 0.3 is 5.97 Å². The minimum absolute atomic E-state index is 0.382. The van der Waals surface area contributed by atoms with Gasteiger partial charge in [-0.15, -0.1) is 0 Å². The van der Waals surface area contributed by atoms with Crippen molar-refractivity contribution in [2.45, 2.75) is 24.3 Å². The first-order chi connectivity index (χ1) is 8.94. The molecule has 0 aromatic heterocycles. The zero-order valence-electron chi connectivity index (χ0n) is 10.6. The monoisotopic (exact) mass is 309 g/mol. The van der Waals surface area contributed by atoms with Gasteiger partial charge in [-0.1, -0.05) is 0 Å². The summed E-state index contributed by atoms with van der Waals surface area (Å²) < 4.78 is 52.2. The summed E-state index contributed by atoms with van der Waals surface area (Å²) in [7, 11) is -4.49. The molecular weight excluding hydrogens is 296 g/mol. The number of hydrogen-bond acceptors (Lipinski definition) is 4. The van der Waals surface area contributed by atoms with Gasteiger partial charge in [-0.3, -0.25) is 0 Å². The smallest absolute Gasteiger partial charge is 0.335 e. The molecule has 1 rings (SSSR count). The molecule has 0 heterocycles. The van der Waals surface area contributed by atoms with Crippen LogP contribution in [0, 0.1) is 11.6 Å². The van der Waals surface area contributed by atoms with E-state index in [0.29, 0.717) is 12.1 Å². The molecule has 0 bridgehead atoms. The van der Waals surface area contributed by atoms with Crippen LogP contribution in [0.25, 0.3) is 0 Å². The van der Waals surface area contributed by atoms with Gasteiger partial charge in [0.05, 0.1) is 11.2 Å². The molecule has 6 nitrogen and oxygen atoms in total. The first-order valence-corrected chi connectivity index (χ1v) is 6.87. The van der Waals surface area contributed by atoms with E-state index in [-0.39, 0.29) is 0 Å². The van der Waals surface area contributed by atoms with E-state index in [9.17, 15) is 27.1 Å². The van der Waals surface area contributed by atoms with Crippen molar-refractivity contribution >= 4 is 16.0 Å². The maximum Gasteiger partial charge on any atom is 0.335 e. The summed E-state index contributed by atoms with van der Waals surface area (Å²) in [6.07, 6.45) is 0. The van der Waals surface area contributed by atoms with Crippen LogP contribution < -0.4 is 4.72 Å².